The normalized spacial score (nSPS) is 16.6. The second-order valence-electron chi connectivity index (χ2n) is 5.21. The van der Waals surface area contributed by atoms with Gasteiger partial charge in [0.25, 0.3) is 5.17 Å². The van der Waals surface area contributed by atoms with Crippen LogP contribution in [0, 0.1) is 5.82 Å². The van der Waals surface area contributed by atoms with Crippen molar-refractivity contribution in [3.05, 3.63) is 59.9 Å². The van der Waals surface area contributed by atoms with E-state index in [1.165, 1.54) is 12.1 Å². The summed E-state index contributed by atoms with van der Waals surface area (Å²) in [5.41, 5.74) is 2.13. The summed E-state index contributed by atoms with van der Waals surface area (Å²) in [6, 6.07) is 14.2. The van der Waals surface area contributed by atoms with Crippen LogP contribution < -0.4 is 4.90 Å². The monoisotopic (exact) mass is 287 g/mol. The van der Waals surface area contributed by atoms with Gasteiger partial charge in [-0.2, -0.15) is 0 Å². The van der Waals surface area contributed by atoms with Crippen LogP contribution >= 0.6 is 12.2 Å². The molecule has 0 radical (unpaired) electrons. The fourth-order valence-corrected chi connectivity index (χ4v) is 2.87. The maximum atomic E-state index is 13.5. The van der Waals surface area contributed by atoms with E-state index in [-0.39, 0.29) is 5.82 Å². The molecular weight excluding hydrogens is 273 g/mol. The number of thiocarbonyl (C=S) groups is 1. The third kappa shape index (κ3) is 2.06. The lowest BCUT2D eigenvalue weighted by Gasteiger charge is -2.40. The fourth-order valence-electron chi connectivity index (χ4n) is 2.45. The van der Waals surface area contributed by atoms with Crippen molar-refractivity contribution in [2.75, 3.05) is 4.90 Å². The van der Waals surface area contributed by atoms with E-state index < -0.39 is 5.60 Å². The van der Waals surface area contributed by atoms with Gasteiger partial charge in [0.2, 0.25) is 0 Å². The summed E-state index contributed by atoms with van der Waals surface area (Å²) in [4.78, 5) is 1.76. The average Bonchev–Trinajstić information content (AvgIpc) is 2.38. The van der Waals surface area contributed by atoms with E-state index in [9.17, 15) is 4.39 Å². The minimum atomic E-state index is -0.489. The second-order valence-corrected chi connectivity index (χ2v) is 5.56. The highest BCUT2D eigenvalue weighted by atomic mass is 32.1. The number of benzene rings is 2. The van der Waals surface area contributed by atoms with Crippen LogP contribution in [0.5, 0.6) is 0 Å². The Hall–Kier alpha value is -1.94. The molecule has 0 aliphatic carbocycles. The average molecular weight is 287 g/mol. The molecule has 2 aromatic rings. The largest absolute Gasteiger partial charge is 0.459 e. The Morgan fingerprint density at radius 2 is 1.85 bits per heavy atom. The molecule has 0 N–H and O–H groups in total. The zero-order valence-electron chi connectivity index (χ0n) is 11.3. The molecule has 0 saturated heterocycles. The first-order valence-electron chi connectivity index (χ1n) is 6.37. The number of hydrogen-bond donors (Lipinski definition) is 0. The lowest BCUT2D eigenvalue weighted by Crippen LogP contribution is -2.40. The van der Waals surface area contributed by atoms with Crippen LogP contribution in [0.3, 0.4) is 0 Å². The Morgan fingerprint density at radius 1 is 1.10 bits per heavy atom. The van der Waals surface area contributed by atoms with Crippen LogP contribution in [0.15, 0.2) is 48.5 Å². The van der Waals surface area contributed by atoms with Crippen LogP contribution in [-0.2, 0) is 10.3 Å². The number of nitrogens with zero attached hydrogens (tertiary/aromatic N) is 1. The maximum Gasteiger partial charge on any atom is 0.269 e. The molecule has 1 heterocycles. The van der Waals surface area contributed by atoms with Crippen molar-refractivity contribution in [2.45, 2.75) is 19.4 Å². The van der Waals surface area contributed by atoms with Gasteiger partial charge in [0, 0.05) is 5.56 Å². The van der Waals surface area contributed by atoms with Crippen molar-refractivity contribution in [1.82, 2.24) is 0 Å². The molecule has 0 unspecified atom stereocenters. The Labute approximate surface area is 122 Å². The number of para-hydroxylation sites is 1. The van der Waals surface area contributed by atoms with Gasteiger partial charge in [-0.15, -0.1) is 0 Å². The highest BCUT2D eigenvalue weighted by Gasteiger charge is 2.36. The topological polar surface area (TPSA) is 12.5 Å². The summed E-state index contributed by atoms with van der Waals surface area (Å²) >= 11 is 5.36. The van der Waals surface area contributed by atoms with Gasteiger partial charge >= 0.3 is 0 Å². The SMILES string of the molecule is CC1(C)OC(=S)N(c2cccc(F)c2)c2ccccc21. The molecule has 0 aromatic heterocycles. The first-order chi connectivity index (χ1) is 9.49. The predicted molar refractivity (Wildman–Crippen MR) is 81.7 cm³/mol. The predicted octanol–water partition coefficient (Wildman–Crippen LogP) is 4.51. The third-order valence-electron chi connectivity index (χ3n) is 3.39. The molecule has 0 fully saturated rings. The van der Waals surface area contributed by atoms with Crippen LogP contribution in [-0.4, -0.2) is 5.17 Å². The maximum absolute atomic E-state index is 13.5. The highest BCUT2D eigenvalue weighted by molar-refractivity contribution is 7.80. The quantitative estimate of drug-likeness (QED) is 0.716. The molecule has 0 saturated carbocycles. The van der Waals surface area contributed by atoms with Gasteiger partial charge in [0.05, 0.1) is 11.4 Å². The summed E-state index contributed by atoms with van der Waals surface area (Å²) in [6.45, 7) is 3.95. The number of anilines is 2. The van der Waals surface area contributed by atoms with Crippen molar-refractivity contribution >= 4 is 28.8 Å². The summed E-state index contributed by atoms with van der Waals surface area (Å²) in [5, 5.41) is 0.333. The number of ether oxygens (including phenoxy) is 1. The molecule has 0 amide bonds. The van der Waals surface area contributed by atoms with Crippen LogP contribution in [0.1, 0.15) is 19.4 Å². The van der Waals surface area contributed by atoms with E-state index in [0.717, 1.165) is 11.3 Å². The van der Waals surface area contributed by atoms with E-state index in [1.54, 1.807) is 11.0 Å². The first kappa shape index (κ1) is 13.1. The summed E-state index contributed by atoms with van der Waals surface area (Å²) in [7, 11) is 0. The highest BCUT2D eigenvalue weighted by Crippen LogP contribution is 2.42. The van der Waals surface area contributed by atoms with Gasteiger partial charge in [-0.1, -0.05) is 24.3 Å². The molecule has 2 aromatic carbocycles. The van der Waals surface area contributed by atoms with E-state index >= 15 is 0 Å². The number of fused-ring (bicyclic) bond motifs is 1. The summed E-state index contributed by atoms with van der Waals surface area (Å²) in [5.74, 6) is -0.299. The van der Waals surface area contributed by atoms with Crippen LogP contribution in [0.4, 0.5) is 15.8 Å². The zero-order chi connectivity index (χ0) is 14.3. The molecule has 1 aliphatic rings. The van der Waals surface area contributed by atoms with Gasteiger partial charge in [-0.25, -0.2) is 4.39 Å². The van der Waals surface area contributed by atoms with Gasteiger partial charge < -0.3 is 4.74 Å². The van der Waals surface area contributed by atoms with Crippen molar-refractivity contribution in [1.29, 1.82) is 0 Å². The summed E-state index contributed by atoms with van der Waals surface area (Å²) in [6.07, 6.45) is 0. The molecule has 102 valence electrons. The van der Waals surface area contributed by atoms with Crippen molar-refractivity contribution in [3.8, 4) is 0 Å². The van der Waals surface area contributed by atoms with E-state index in [2.05, 4.69) is 0 Å². The van der Waals surface area contributed by atoms with Crippen LogP contribution in [0.25, 0.3) is 0 Å². The fraction of sp³-hybridized carbons (Fsp3) is 0.188. The van der Waals surface area contributed by atoms with Crippen molar-refractivity contribution in [3.63, 3.8) is 0 Å². The van der Waals surface area contributed by atoms with Gasteiger partial charge in [-0.05, 0) is 50.3 Å². The molecule has 1 aliphatic heterocycles. The lowest BCUT2D eigenvalue weighted by molar-refractivity contribution is 0.0912. The second kappa shape index (κ2) is 4.56. The van der Waals surface area contributed by atoms with Crippen LogP contribution in [0.2, 0.25) is 0 Å². The molecule has 0 bridgehead atoms. The standard InChI is InChI=1S/C16H14FNOS/c1-16(2)13-8-3-4-9-14(13)18(15(20)19-16)12-7-5-6-11(17)10-12/h3-10H,1-2H3. The van der Waals surface area contributed by atoms with Crippen molar-refractivity contribution in [2.24, 2.45) is 0 Å². The molecule has 4 heteroatoms. The van der Waals surface area contributed by atoms with Gasteiger partial charge in [-0.3, -0.25) is 4.90 Å². The molecular formula is C16H14FNOS. The first-order valence-corrected chi connectivity index (χ1v) is 6.78. The smallest absolute Gasteiger partial charge is 0.269 e. The molecule has 0 atom stereocenters. The van der Waals surface area contributed by atoms with Gasteiger partial charge in [0.15, 0.2) is 0 Å². The van der Waals surface area contributed by atoms with Crippen molar-refractivity contribution < 1.29 is 9.13 Å². The number of halogens is 1. The third-order valence-corrected chi connectivity index (χ3v) is 3.65. The Bertz CT molecular complexity index is 684. The van der Waals surface area contributed by atoms with Gasteiger partial charge in [0.1, 0.15) is 11.4 Å². The molecule has 2 nitrogen and oxygen atoms in total. The molecule has 3 rings (SSSR count). The minimum Gasteiger partial charge on any atom is -0.459 e. The Kier molecular flexibility index (Phi) is 2.98. The Morgan fingerprint density at radius 3 is 2.60 bits per heavy atom. The van der Waals surface area contributed by atoms with E-state index in [1.807, 2.05) is 44.2 Å². The molecule has 0 spiro atoms. The minimum absolute atomic E-state index is 0.299. The Balaban J connectivity index is 2.19. The summed E-state index contributed by atoms with van der Waals surface area (Å²) < 4.78 is 19.3. The van der Waals surface area contributed by atoms with E-state index in [4.69, 9.17) is 17.0 Å². The molecule has 20 heavy (non-hydrogen) atoms. The number of hydrogen-bond acceptors (Lipinski definition) is 2. The van der Waals surface area contributed by atoms with E-state index in [0.29, 0.717) is 10.9 Å². The zero-order valence-corrected chi connectivity index (χ0v) is 12.1. The number of rotatable bonds is 1. The lowest BCUT2D eigenvalue weighted by atomic mass is 9.94.